The van der Waals surface area contributed by atoms with Gasteiger partial charge in [-0.3, -0.25) is 4.79 Å². The minimum atomic E-state index is -3.68. The molecule has 0 unspecified atom stereocenters. The molecule has 4 aromatic rings. The second-order valence-corrected chi connectivity index (χ2v) is 9.15. The summed E-state index contributed by atoms with van der Waals surface area (Å²) in [4.78, 5) is 11.7. The molecule has 0 N–H and O–H groups in total. The quantitative estimate of drug-likeness (QED) is 0.370. The Morgan fingerprint density at radius 3 is 2.34 bits per heavy atom. The molecule has 0 spiro atoms. The van der Waals surface area contributed by atoms with Gasteiger partial charge in [-0.25, -0.2) is 8.42 Å². The van der Waals surface area contributed by atoms with Crippen molar-refractivity contribution in [1.82, 2.24) is 4.57 Å². The van der Waals surface area contributed by atoms with Crippen LogP contribution in [0.2, 0.25) is 0 Å². The molecule has 0 fully saturated rings. The Balaban J connectivity index is 2.19. The molecule has 0 saturated carbocycles. The van der Waals surface area contributed by atoms with E-state index in [4.69, 9.17) is 4.74 Å². The second-order valence-electron chi connectivity index (χ2n) is 7.20. The number of rotatable bonds is 4. The van der Waals surface area contributed by atoms with Crippen LogP contribution in [0.15, 0.2) is 65.6 Å². The summed E-state index contributed by atoms with van der Waals surface area (Å²) in [7, 11) is -3.68. The molecule has 29 heavy (non-hydrogen) atoms. The van der Waals surface area contributed by atoms with E-state index in [1.807, 2.05) is 66.1 Å². The van der Waals surface area contributed by atoms with Gasteiger partial charge >= 0.3 is 5.97 Å². The highest BCUT2D eigenvalue weighted by Crippen LogP contribution is 2.41. The van der Waals surface area contributed by atoms with E-state index < -0.39 is 15.8 Å². The van der Waals surface area contributed by atoms with Crippen molar-refractivity contribution in [2.24, 2.45) is 0 Å². The van der Waals surface area contributed by atoms with Crippen LogP contribution < -0.4 is 4.74 Å². The molecule has 4 rings (SSSR count). The fourth-order valence-corrected chi connectivity index (χ4v) is 4.94. The molecule has 0 atom stereocenters. The highest BCUT2D eigenvalue weighted by Gasteiger charge is 2.26. The third-order valence-corrected chi connectivity index (χ3v) is 6.10. The zero-order valence-electron chi connectivity index (χ0n) is 16.5. The number of carbonyl (C=O) groups is 1. The molecule has 1 aromatic heterocycles. The number of sulfone groups is 1. The summed E-state index contributed by atoms with van der Waals surface area (Å²) in [5, 5.41) is 1.82. The van der Waals surface area contributed by atoms with Gasteiger partial charge in [0.05, 0.1) is 5.52 Å². The SMILES string of the molecule is CC(=O)Oc1cc(C)c2c3ccccc3n(Cc3ccccc3)c2c1S(C)(=O)=O. The first-order valence-corrected chi connectivity index (χ1v) is 11.1. The van der Waals surface area contributed by atoms with Crippen LogP contribution in [0.5, 0.6) is 5.75 Å². The average molecular weight is 407 g/mol. The minimum absolute atomic E-state index is 0.0421. The average Bonchev–Trinajstić information content (AvgIpc) is 2.96. The lowest BCUT2D eigenvalue weighted by Crippen LogP contribution is -2.10. The normalized spacial score (nSPS) is 11.8. The number of benzene rings is 3. The third kappa shape index (κ3) is 3.40. The molecule has 0 aliphatic heterocycles. The molecular weight excluding hydrogens is 386 g/mol. The van der Waals surface area contributed by atoms with Crippen LogP contribution in [-0.4, -0.2) is 25.2 Å². The molecule has 148 valence electrons. The van der Waals surface area contributed by atoms with Crippen LogP contribution in [0.1, 0.15) is 18.1 Å². The van der Waals surface area contributed by atoms with Gasteiger partial charge in [0.25, 0.3) is 0 Å². The van der Waals surface area contributed by atoms with Gasteiger partial charge in [-0.05, 0) is 30.2 Å². The molecule has 1 heterocycles. The highest BCUT2D eigenvalue weighted by molar-refractivity contribution is 7.91. The number of fused-ring (bicyclic) bond motifs is 3. The van der Waals surface area contributed by atoms with Crippen LogP contribution in [0, 0.1) is 6.92 Å². The Morgan fingerprint density at radius 1 is 1.03 bits per heavy atom. The fraction of sp³-hybridized carbons (Fsp3) is 0.174. The third-order valence-electron chi connectivity index (χ3n) is 4.96. The van der Waals surface area contributed by atoms with Crippen LogP contribution in [-0.2, 0) is 21.2 Å². The first kappa shape index (κ1) is 19.2. The lowest BCUT2D eigenvalue weighted by atomic mass is 10.1. The molecule has 0 bridgehead atoms. The standard InChI is InChI=1S/C23H21NO4S/c1-15-13-20(28-16(2)25)23(29(3,26)27)22-21(15)18-11-7-8-12-19(18)24(22)14-17-9-5-4-6-10-17/h4-13H,14H2,1-3H3. The number of nitrogens with zero attached hydrogens (tertiary/aromatic N) is 1. The molecule has 3 aromatic carbocycles. The van der Waals surface area contributed by atoms with Crippen LogP contribution in [0.3, 0.4) is 0 Å². The number of hydrogen-bond donors (Lipinski definition) is 0. The molecule has 6 heteroatoms. The van der Waals surface area contributed by atoms with Gasteiger partial charge in [0.15, 0.2) is 15.6 Å². The van der Waals surface area contributed by atoms with Crippen LogP contribution >= 0.6 is 0 Å². The van der Waals surface area contributed by atoms with Crippen molar-refractivity contribution in [2.75, 3.05) is 6.26 Å². The zero-order chi connectivity index (χ0) is 20.8. The number of ether oxygens (including phenoxy) is 1. The van der Waals surface area contributed by atoms with E-state index >= 15 is 0 Å². The van der Waals surface area contributed by atoms with Gasteiger partial charge in [0.1, 0.15) is 4.90 Å². The maximum Gasteiger partial charge on any atom is 0.308 e. The van der Waals surface area contributed by atoms with Gasteiger partial charge in [-0.2, -0.15) is 0 Å². The summed E-state index contributed by atoms with van der Waals surface area (Å²) in [5.74, 6) is -0.485. The highest BCUT2D eigenvalue weighted by atomic mass is 32.2. The van der Waals surface area contributed by atoms with E-state index in [1.165, 1.54) is 6.92 Å². The second kappa shape index (κ2) is 7.04. The number of aromatic nitrogens is 1. The topological polar surface area (TPSA) is 65.4 Å². The molecule has 5 nitrogen and oxygen atoms in total. The Bertz CT molecular complexity index is 1350. The predicted octanol–water partition coefficient (Wildman–Crippen LogP) is 4.48. The van der Waals surface area contributed by atoms with Crippen molar-refractivity contribution in [3.63, 3.8) is 0 Å². The maximum atomic E-state index is 12.8. The van der Waals surface area contributed by atoms with Crippen molar-refractivity contribution >= 4 is 37.6 Å². The first-order valence-electron chi connectivity index (χ1n) is 9.24. The van der Waals surface area contributed by atoms with Gasteiger partial charge in [-0.1, -0.05) is 48.5 Å². The number of para-hydroxylation sites is 1. The number of esters is 1. The van der Waals surface area contributed by atoms with Gasteiger partial charge in [0, 0.05) is 36.0 Å². The number of aryl methyl sites for hydroxylation is 1. The summed E-state index contributed by atoms with van der Waals surface area (Å²) in [6.07, 6.45) is 1.15. The van der Waals surface area contributed by atoms with Gasteiger partial charge < -0.3 is 9.30 Å². The van der Waals surface area contributed by atoms with Gasteiger partial charge in [0.2, 0.25) is 0 Å². The number of hydrogen-bond acceptors (Lipinski definition) is 4. The van der Waals surface area contributed by atoms with Crippen molar-refractivity contribution in [3.05, 3.63) is 71.8 Å². The van der Waals surface area contributed by atoms with E-state index in [2.05, 4.69) is 0 Å². The monoisotopic (exact) mass is 407 g/mol. The largest absolute Gasteiger partial charge is 0.425 e. The lowest BCUT2D eigenvalue weighted by Gasteiger charge is -2.15. The van der Waals surface area contributed by atoms with Crippen LogP contribution in [0.4, 0.5) is 0 Å². The predicted molar refractivity (Wildman–Crippen MR) is 114 cm³/mol. The Morgan fingerprint density at radius 2 is 1.69 bits per heavy atom. The van der Waals surface area contributed by atoms with Crippen molar-refractivity contribution < 1.29 is 17.9 Å². The van der Waals surface area contributed by atoms with E-state index in [0.29, 0.717) is 12.1 Å². The summed E-state index contributed by atoms with van der Waals surface area (Å²) in [6.45, 7) is 3.67. The van der Waals surface area contributed by atoms with E-state index in [-0.39, 0.29) is 10.6 Å². The Kier molecular flexibility index (Phi) is 4.67. The van der Waals surface area contributed by atoms with E-state index in [9.17, 15) is 13.2 Å². The maximum absolute atomic E-state index is 12.8. The van der Waals surface area contributed by atoms with Gasteiger partial charge in [-0.15, -0.1) is 0 Å². The number of carbonyl (C=O) groups excluding carboxylic acids is 1. The molecule has 0 saturated heterocycles. The van der Waals surface area contributed by atoms with E-state index in [1.54, 1.807) is 6.07 Å². The Hall–Kier alpha value is -3.12. The summed E-state index contributed by atoms with van der Waals surface area (Å²) in [5.41, 5.74) is 3.39. The molecule has 0 aliphatic carbocycles. The van der Waals surface area contributed by atoms with Crippen molar-refractivity contribution in [1.29, 1.82) is 0 Å². The van der Waals surface area contributed by atoms with Crippen molar-refractivity contribution in [2.45, 2.75) is 25.3 Å². The Labute approximate surface area is 169 Å². The molecule has 0 radical (unpaired) electrons. The van der Waals surface area contributed by atoms with Crippen molar-refractivity contribution in [3.8, 4) is 5.75 Å². The summed E-state index contributed by atoms with van der Waals surface area (Å²) >= 11 is 0. The molecule has 0 amide bonds. The first-order chi connectivity index (χ1) is 13.8. The molecule has 0 aliphatic rings. The van der Waals surface area contributed by atoms with Crippen LogP contribution in [0.25, 0.3) is 21.8 Å². The lowest BCUT2D eigenvalue weighted by molar-refractivity contribution is -0.132. The summed E-state index contributed by atoms with van der Waals surface area (Å²) in [6, 6.07) is 19.3. The molecular formula is C23H21NO4S. The smallest absolute Gasteiger partial charge is 0.308 e. The van der Waals surface area contributed by atoms with E-state index in [0.717, 1.165) is 33.7 Å². The fourth-order valence-electron chi connectivity index (χ4n) is 3.91. The minimum Gasteiger partial charge on any atom is -0.425 e. The summed E-state index contributed by atoms with van der Waals surface area (Å²) < 4.78 is 33.0. The zero-order valence-corrected chi connectivity index (χ0v) is 17.3.